The minimum Gasteiger partial charge on any atom is -0.462 e. The molecule has 0 aromatic rings. The van der Waals surface area contributed by atoms with Gasteiger partial charge in [0.15, 0.2) is 6.10 Å². The van der Waals surface area contributed by atoms with E-state index in [9.17, 15) is 19.3 Å². The van der Waals surface area contributed by atoms with Crippen LogP contribution in [0.3, 0.4) is 0 Å². The van der Waals surface area contributed by atoms with Gasteiger partial charge in [-0.15, -0.1) is 0 Å². The number of carbonyl (C=O) groups excluding carboxylic acids is 2. The summed E-state index contributed by atoms with van der Waals surface area (Å²) in [6.45, 7) is 3.44. The zero-order valence-corrected chi connectivity index (χ0v) is 31.6. The Morgan fingerprint density at radius 1 is 0.653 bits per heavy atom. The summed E-state index contributed by atoms with van der Waals surface area (Å²) in [4.78, 5) is 42.7. The molecule has 0 heterocycles. The predicted molar refractivity (Wildman–Crippen MR) is 199 cm³/mol. The Kier molecular flexibility index (Phi) is 33.0. The number of allylic oxidation sites excluding steroid dienone is 7. The number of hydrogen-bond acceptors (Lipinski definition) is 7. The maximum Gasteiger partial charge on any atom is 0.469 e. The van der Waals surface area contributed by atoms with Gasteiger partial charge in [-0.1, -0.05) is 140 Å². The van der Waals surface area contributed by atoms with E-state index in [0.717, 1.165) is 64.2 Å². The lowest BCUT2D eigenvalue weighted by Crippen LogP contribution is -2.29. The van der Waals surface area contributed by atoms with Gasteiger partial charge in [-0.05, 0) is 57.8 Å². The zero-order valence-electron chi connectivity index (χ0n) is 30.7. The van der Waals surface area contributed by atoms with Crippen molar-refractivity contribution in [3.05, 3.63) is 48.6 Å². The second-order valence-electron chi connectivity index (χ2n) is 12.7. The number of unbranched alkanes of at least 4 members (excludes halogenated alkanes) is 15. The van der Waals surface area contributed by atoms with E-state index in [1.165, 1.54) is 51.4 Å². The van der Waals surface area contributed by atoms with Crippen LogP contribution in [0, 0.1) is 0 Å². The average Bonchev–Trinajstić information content (AvgIpc) is 3.06. The minimum absolute atomic E-state index is 0.140. The maximum absolute atomic E-state index is 12.4. The molecule has 0 saturated heterocycles. The van der Waals surface area contributed by atoms with Gasteiger partial charge < -0.3 is 24.4 Å². The van der Waals surface area contributed by atoms with Gasteiger partial charge in [0.25, 0.3) is 0 Å². The maximum atomic E-state index is 12.4. The predicted octanol–water partition coefficient (Wildman–Crippen LogP) is 10.1. The normalized spacial score (nSPS) is 13.7. The van der Waals surface area contributed by atoms with Crippen LogP contribution in [0.25, 0.3) is 0 Å². The smallest absolute Gasteiger partial charge is 0.462 e. The standard InChI is InChI=1S/C39H69O9P/c1-3-5-7-9-11-12-13-14-15-16-17-18-20-24-28-32-38(41)46-34-37(35-47-49(43,44)45)48-39(42)33-29-25-21-23-27-31-36(40)30-26-22-19-10-8-6-4-2/h6,8,12-13,19,22,26,30,36-37,40H,3-5,7,9-11,14-18,20-21,23-25,27-29,31-35H2,1-2H3,(H2,43,44,45)/b8-6+,13-12-,22-19+,30-26+/t36?,37-/m1/s1. The number of esters is 2. The molecule has 0 radical (unpaired) electrons. The summed E-state index contributed by atoms with van der Waals surface area (Å²) in [5, 5.41) is 10.1. The second kappa shape index (κ2) is 34.4. The molecule has 0 aromatic carbocycles. The number of rotatable bonds is 34. The van der Waals surface area contributed by atoms with E-state index in [0.29, 0.717) is 19.3 Å². The van der Waals surface area contributed by atoms with Crippen LogP contribution >= 0.6 is 7.82 Å². The molecule has 0 amide bonds. The molecule has 0 aliphatic carbocycles. The number of ether oxygens (including phenoxy) is 2. The third-order valence-electron chi connectivity index (χ3n) is 7.94. The van der Waals surface area contributed by atoms with Crippen LogP contribution in [0.4, 0.5) is 0 Å². The molecular weight excluding hydrogens is 643 g/mol. The molecule has 0 bridgehead atoms. The molecule has 0 aliphatic rings. The van der Waals surface area contributed by atoms with Gasteiger partial charge in [-0.3, -0.25) is 14.1 Å². The molecule has 0 rings (SSSR count). The molecule has 2 atom stereocenters. The van der Waals surface area contributed by atoms with E-state index >= 15 is 0 Å². The van der Waals surface area contributed by atoms with Gasteiger partial charge in [0.05, 0.1) is 12.7 Å². The van der Waals surface area contributed by atoms with Crippen LogP contribution in [-0.4, -0.2) is 52.3 Å². The van der Waals surface area contributed by atoms with Gasteiger partial charge >= 0.3 is 19.8 Å². The van der Waals surface area contributed by atoms with E-state index < -0.39 is 38.6 Å². The SMILES string of the molecule is CC/C=C/C/C=C/C=C/C(O)CCCCCCCC(=O)O[C@H](COC(=O)CCCCCCCCC/C=C\CCCCCC)COP(=O)(O)O. The van der Waals surface area contributed by atoms with Crippen molar-refractivity contribution in [1.82, 2.24) is 0 Å². The van der Waals surface area contributed by atoms with Crippen molar-refractivity contribution >= 4 is 19.8 Å². The topological polar surface area (TPSA) is 140 Å². The summed E-state index contributed by atoms with van der Waals surface area (Å²) in [5.74, 6) is -0.969. The number of aliphatic hydroxyl groups is 1. The fourth-order valence-corrected chi connectivity index (χ4v) is 5.44. The number of phosphoric acid groups is 1. The molecule has 284 valence electrons. The van der Waals surface area contributed by atoms with Crippen molar-refractivity contribution in [2.75, 3.05) is 13.2 Å². The number of phosphoric ester groups is 1. The highest BCUT2D eigenvalue weighted by molar-refractivity contribution is 7.46. The molecule has 49 heavy (non-hydrogen) atoms. The Balaban J connectivity index is 4.07. The average molecular weight is 713 g/mol. The number of aliphatic hydroxyl groups excluding tert-OH is 1. The van der Waals surface area contributed by atoms with Crippen LogP contribution in [-0.2, 0) is 28.2 Å². The summed E-state index contributed by atoms with van der Waals surface area (Å²) in [7, 11) is -4.78. The molecule has 0 spiro atoms. The minimum atomic E-state index is -4.78. The van der Waals surface area contributed by atoms with Gasteiger partial charge in [-0.25, -0.2) is 4.57 Å². The zero-order chi connectivity index (χ0) is 36.3. The third-order valence-corrected chi connectivity index (χ3v) is 8.42. The van der Waals surface area contributed by atoms with Crippen LogP contribution < -0.4 is 0 Å². The van der Waals surface area contributed by atoms with Gasteiger partial charge in [0, 0.05) is 12.8 Å². The van der Waals surface area contributed by atoms with Crippen molar-refractivity contribution < 1.29 is 43.0 Å². The Morgan fingerprint density at radius 3 is 1.84 bits per heavy atom. The van der Waals surface area contributed by atoms with E-state index in [2.05, 4.69) is 42.7 Å². The monoisotopic (exact) mass is 712 g/mol. The summed E-state index contributed by atoms with van der Waals surface area (Å²) >= 11 is 0. The summed E-state index contributed by atoms with van der Waals surface area (Å²) in [5.41, 5.74) is 0. The molecule has 0 fully saturated rings. The lowest BCUT2D eigenvalue weighted by Gasteiger charge is -2.18. The van der Waals surface area contributed by atoms with Crippen molar-refractivity contribution in [3.63, 3.8) is 0 Å². The highest BCUT2D eigenvalue weighted by Crippen LogP contribution is 2.36. The van der Waals surface area contributed by atoms with E-state index in [-0.39, 0.29) is 19.4 Å². The lowest BCUT2D eigenvalue weighted by atomic mass is 10.1. The Morgan fingerprint density at radius 2 is 1.22 bits per heavy atom. The second-order valence-corrected chi connectivity index (χ2v) is 14.0. The summed E-state index contributed by atoms with van der Waals surface area (Å²) in [6, 6.07) is 0. The fourth-order valence-electron chi connectivity index (χ4n) is 5.08. The first kappa shape index (κ1) is 47.0. The van der Waals surface area contributed by atoms with Crippen molar-refractivity contribution in [2.24, 2.45) is 0 Å². The fraction of sp³-hybridized carbons (Fsp3) is 0.744. The van der Waals surface area contributed by atoms with Crippen LogP contribution in [0.1, 0.15) is 162 Å². The summed E-state index contributed by atoms with van der Waals surface area (Å²) in [6.07, 6.45) is 37.1. The molecular formula is C39H69O9P. The first-order chi connectivity index (χ1) is 23.7. The first-order valence-electron chi connectivity index (χ1n) is 19.0. The molecule has 3 N–H and O–H groups in total. The third kappa shape index (κ3) is 37.1. The quantitative estimate of drug-likeness (QED) is 0.0195. The van der Waals surface area contributed by atoms with Crippen molar-refractivity contribution in [3.8, 4) is 0 Å². The van der Waals surface area contributed by atoms with Crippen molar-refractivity contribution in [1.29, 1.82) is 0 Å². The molecule has 0 aromatic heterocycles. The summed E-state index contributed by atoms with van der Waals surface area (Å²) < 4.78 is 26.3. The Bertz CT molecular complexity index is 954. The lowest BCUT2D eigenvalue weighted by molar-refractivity contribution is -0.161. The molecule has 1 unspecified atom stereocenters. The van der Waals surface area contributed by atoms with Crippen LogP contribution in [0.15, 0.2) is 48.6 Å². The Hall–Kier alpha value is -2.03. The first-order valence-corrected chi connectivity index (χ1v) is 20.6. The highest BCUT2D eigenvalue weighted by Gasteiger charge is 2.22. The number of carbonyl (C=O) groups is 2. The van der Waals surface area contributed by atoms with E-state index in [4.69, 9.17) is 19.3 Å². The largest absolute Gasteiger partial charge is 0.469 e. The Labute approximate surface area is 297 Å². The number of hydrogen-bond donors (Lipinski definition) is 3. The van der Waals surface area contributed by atoms with Crippen molar-refractivity contribution in [2.45, 2.75) is 174 Å². The van der Waals surface area contributed by atoms with Crippen LogP contribution in [0.2, 0.25) is 0 Å². The molecule has 10 heteroatoms. The van der Waals surface area contributed by atoms with E-state index in [1.54, 1.807) is 6.08 Å². The molecule has 0 saturated carbocycles. The highest BCUT2D eigenvalue weighted by atomic mass is 31.2. The molecule has 9 nitrogen and oxygen atoms in total. The van der Waals surface area contributed by atoms with E-state index in [1.807, 2.05) is 18.2 Å². The van der Waals surface area contributed by atoms with Gasteiger partial charge in [-0.2, -0.15) is 0 Å². The van der Waals surface area contributed by atoms with Gasteiger partial charge in [0.1, 0.15) is 6.61 Å². The van der Waals surface area contributed by atoms with Gasteiger partial charge in [0.2, 0.25) is 0 Å². The van der Waals surface area contributed by atoms with Crippen LogP contribution in [0.5, 0.6) is 0 Å². The molecule has 0 aliphatic heterocycles.